The van der Waals surface area contributed by atoms with E-state index in [-0.39, 0.29) is 34.3 Å². The zero-order valence-corrected chi connectivity index (χ0v) is 14.9. The molecule has 0 aliphatic heterocycles. The number of nitrogens with two attached hydrogens (primary N) is 1. The van der Waals surface area contributed by atoms with E-state index in [1.165, 1.54) is 17.8 Å². The second-order valence-electron chi connectivity index (χ2n) is 5.93. The van der Waals surface area contributed by atoms with E-state index in [4.69, 9.17) is 5.73 Å². The molecule has 0 radical (unpaired) electrons. The smallest absolute Gasteiger partial charge is 0.272 e. The van der Waals surface area contributed by atoms with Crippen molar-refractivity contribution in [3.8, 4) is 0 Å². The molecule has 3 N–H and O–H groups in total. The number of thiol groups is 1. The van der Waals surface area contributed by atoms with Gasteiger partial charge >= 0.3 is 0 Å². The highest BCUT2D eigenvalue weighted by Gasteiger charge is 2.23. The number of halogens is 3. The average molecular weight is 389 g/mol. The van der Waals surface area contributed by atoms with Crippen molar-refractivity contribution in [1.29, 1.82) is 0 Å². The van der Waals surface area contributed by atoms with Gasteiger partial charge in [0.05, 0.1) is 4.90 Å². The summed E-state index contributed by atoms with van der Waals surface area (Å²) in [6, 6.07) is 1.05. The van der Waals surface area contributed by atoms with Crippen LogP contribution in [0, 0.1) is 17.5 Å². The van der Waals surface area contributed by atoms with Gasteiger partial charge in [-0.05, 0) is 19.8 Å². The van der Waals surface area contributed by atoms with Gasteiger partial charge in [-0.25, -0.2) is 21.6 Å². The minimum Gasteiger partial charge on any atom is -0.345 e. The number of amides is 1. The summed E-state index contributed by atoms with van der Waals surface area (Å²) in [4.78, 5) is 12.5. The van der Waals surface area contributed by atoms with Gasteiger partial charge in [0.25, 0.3) is 5.91 Å². The number of nitrogens with zero attached hydrogens (tertiary/aromatic N) is 1. The molecule has 1 aromatic carbocycles. The summed E-state index contributed by atoms with van der Waals surface area (Å²) in [7, 11) is -1.48. The number of benzene rings is 1. The lowest BCUT2D eigenvalue weighted by molar-refractivity contribution is 0.101. The van der Waals surface area contributed by atoms with Crippen molar-refractivity contribution in [1.82, 2.24) is 4.57 Å². The van der Waals surface area contributed by atoms with Crippen molar-refractivity contribution in [2.75, 3.05) is 5.32 Å². The number of anilines is 1. The fourth-order valence-corrected chi connectivity index (χ4v) is 3.26. The van der Waals surface area contributed by atoms with E-state index in [0.29, 0.717) is 18.6 Å². The maximum atomic E-state index is 13.3. The number of rotatable bonds is 6. The Morgan fingerprint density at radius 2 is 1.85 bits per heavy atom. The van der Waals surface area contributed by atoms with Crippen LogP contribution in [0.3, 0.4) is 0 Å². The summed E-state index contributed by atoms with van der Waals surface area (Å²) in [6.45, 7) is 1.74. The van der Waals surface area contributed by atoms with E-state index < -0.39 is 34.1 Å². The third-order valence-corrected chi connectivity index (χ3v) is 4.55. The summed E-state index contributed by atoms with van der Waals surface area (Å²) in [6.07, 6.45) is 1.94. The Hall–Kier alpha value is -2.33. The molecule has 6 nitrogen and oxygen atoms in total. The Morgan fingerprint density at radius 3 is 2.35 bits per heavy atom. The molecule has 1 heterocycles. The molecule has 0 saturated heterocycles. The summed E-state index contributed by atoms with van der Waals surface area (Å²) in [5.41, 5.74) is 5.68. The van der Waals surface area contributed by atoms with Crippen LogP contribution in [0.15, 0.2) is 23.2 Å². The number of hydrogen-bond donors (Lipinski definition) is 3. The van der Waals surface area contributed by atoms with Gasteiger partial charge in [-0.3, -0.25) is 4.79 Å². The van der Waals surface area contributed by atoms with Gasteiger partial charge in [-0.15, -0.1) is 0 Å². The number of hydrogen-bond acceptors (Lipinski definition) is 4. The molecular weight excluding hydrogens is 371 g/mol. The number of aryl methyl sites for hydroxylation is 1. The minimum absolute atomic E-state index is 0.0185. The van der Waals surface area contributed by atoms with Gasteiger partial charge in [0.2, 0.25) is 0 Å². The van der Waals surface area contributed by atoms with Crippen LogP contribution in [0.25, 0.3) is 0 Å². The normalized spacial score (nSPS) is 12.4. The fourth-order valence-electron chi connectivity index (χ4n) is 2.55. The molecule has 1 amide bonds. The lowest BCUT2D eigenvalue weighted by atomic mass is 10.1. The highest BCUT2D eigenvalue weighted by molar-refractivity contribution is 7.72. The predicted molar refractivity (Wildman–Crippen MR) is 90.2 cm³/mol. The first-order valence-electron chi connectivity index (χ1n) is 7.65. The van der Waals surface area contributed by atoms with Gasteiger partial charge in [-0.2, -0.15) is 0 Å². The molecule has 1 atom stereocenters. The zero-order valence-electron chi connectivity index (χ0n) is 14.1. The topological polar surface area (TPSA) is 94.2 Å². The second-order valence-corrected chi connectivity index (χ2v) is 6.93. The first-order chi connectivity index (χ1) is 12.1. The largest absolute Gasteiger partial charge is 0.345 e. The summed E-state index contributed by atoms with van der Waals surface area (Å²) in [5, 5.41) is 2.25. The van der Waals surface area contributed by atoms with Crippen molar-refractivity contribution < 1.29 is 26.4 Å². The lowest BCUT2D eigenvalue weighted by Gasteiger charge is -2.11. The van der Waals surface area contributed by atoms with Crippen LogP contribution in [0.1, 0.15) is 29.4 Å². The van der Waals surface area contributed by atoms with Crippen molar-refractivity contribution in [3.63, 3.8) is 0 Å². The standard InChI is InChI=1S/C16H18F3N3O3S/c1-8(20)3-4-10-13(26(24)25)7-22(2)15(10)16(23)21-9-5-11(17)14(19)12(18)6-9/h5-8,26H,3-4,20H2,1-2H3,(H,21,23)/t8-/m0/s1. The molecule has 0 bridgehead atoms. The maximum Gasteiger partial charge on any atom is 0.272 e. The Bertz CT molecular complexity index is 892. The van der Waals surface area contributed by atoms with Gasteiger partial charge in [0.15, 0.2) is 28.2 Å². The van der Waals surface area contributed by atoms with E-state index in [0.717, 1.165) is 0 Å². The molecule has 26 heavy (non-hydrogen) atoms. The molecule has 2 rings (SSSR count). The average Bonchev–Trinajstić information content (AvgIpc) is 2.87. The number of carbonyl (C=O) groups is 1. The van der Waals surface area contributed by atoms with Crippen LogP contribution >= 0.6 is 0 Å². The molecule has 0 aliphatic carbocycles. The highest BCUT2D eigenvalue weighted by atomic mass is 32.2. The third-order valence-electron chi connectivity index (χ3n) is 3.77. The van der Waals surface area contributed by atoms with E-state index in [2.05, 4.69) is 5.32 Å². The quantitative estimate of drug-likeness (QED) is 0.520. The van der Waals surface area contributed by atoms with Crippen molar-refractivity contribution in [2.45, 2.75) is 30.7 Å². The predicted octanol–water partition coefficient (Wildman–Crippen LogP) is 1.94. The minimum atomic E-state index is -2.95. The van der Waals surface area contributed by atoms with Crippen molar-refractivity contribution >= 4 is 22.3 Å². The van der Waals surface area contributed by atoms with Gasteiger partial charge in [0.1, 0.15) is 5.69 Å². The number of aromatic nitrogens is 1. The van der Waals surface area contributed by atoms with E-state index in [9.17, 15) is 26.4 Å². The Balaban J connectivity index is 2.41. The van der Waals surface area contributed by atoms with Crippen LogP contribution < -0.4 is 11.1 Å². The van der Waals surface area contributed by atoms with Crippen LogP contribution in [-0.2, 0) is 24.2 Å². The van der Waals surface area contributed by atoms with Crippen molar-refractivity contribution in [2.24, 2.45) is 12.8 Å². The maximum absolute atomic E-state index is 13.3. The van der Waals surface area contributed by atoms with Gasteiger partial charge < -0.3 is 15.6 Å². The monoisotopic (exact) mass is 389 g/mol. The Morgan fingerprint density at radius 1 is 1.27 bits per heavy atom. The van der Waals surface area contributed by atoms with Crippen molar-refractivity contribution in [3.05, 3.63) is 47.0 Å². The third kappa shape index (κ3) is 4.25. The van der Waals surface area contributed by atoms with E-state index in [1.54, 1.807) is 6.92 Å². The molecule has 2 aromatic rings. The summed E-state index contributed by atoms with van der Waals surface area (Å²) in [5.74, 6) is -5.33. The number of carbonyl (C=O) groups excluding carboxylic acids is 1. The number of nitrogens with one attached hydrogen (secondary N) is 1. The molecule has 0 unspecified atom stereocenters. The summed E-state index contributed by atoms with van der Waals surface area (Å²) < 4.78 is 63.9. The van der Waals surface area contributed by atoms with Crippen LogP contribution in [0.5, 0.6) is 0 Å². The first-order valence-corrected chi connectivity index (χ1v) is 8.83. The van der Waals surface area contributed by atoms with Crippen LogP contribution in [0.4, 0.5) is 18.9 Å². The SMILES string of the molecule is C[C@H](N)CCc1c([SH](=O)=O)cn(C)c1C(=O)Nc1cc(F)c(F)c(F)c1. The molecule has 10 heteroatoms. The molecular formula is C16H18F3N3O3S. The molecule has 0 saturated carbocycles. The summed E-state index contributed by atoms with van der Waals surface area (Å²) >= 11 is 0. The first kappa shape index (κ1) is 20.0. The molecule has 0 fully saturated rings. The fraction of sp³-hybridized carbons (Fsp3) is 0.312. The van der Waals surface area contributed by atoms with Crippen LogP contribution in [-0.4, -0.2) is 24.9 Å². The molecule has 0 aliphatic rings. The molecule has 1 aromatic heterocycles. The van der Waals surface area contributed by atoms with Crippen LogP contribution in [0.2, 0.25) is 0 Å². The lowest BCUT2D eigenvalue weighted by Crippen LogP contribution is -2.20. The second kappa shape index (κ2) is 7.92. The highest BCUT2D eigenvalue weighted by Crippen LogP contribution is 2.23. The zero-order chi connectivity index (χ0) is 19.6. The Kier molecular flexibility index (Phi) is 6.09. The molecule has 142 valence electrons. The molecule has 0 spiro atoms. The Labute approximate surface area is 149 Å². The van der Waals surface area contributed by atoms with Gasteiger partial charge in [-0.1, -0.05) is 0 Å². The van der Waals surface area contributed by atoms with Gasteiger partial charge in [0, 0.05) is 42.7 Å². The van der Waals surface area contributed by atoms with E-state index >= 15 is 0 Å². The van der Waals surface area contributed by atoms with E-state index in [1.807, 2.05) is 0 Å².